The fourth-order valence-corrected chi connectivity index (χ4v) is 1.45. The van der Waals surface area contributed by atoms with Crippen molar-refractivity contribution in [1.29, 1.82) is 0 Å². The number of aliphatic carboxylic acids is 1. The molecule has 0 radical (unpaired) electrons. The number of carboxylic acid groups (broad SMARTS) is 1. The summed E-state index contributed by atoms with van der Waals surface area (Å²) in [5.41, 5.74) is 5.24. The molecule has 0 aromatic heterocycles. The lowest BCUT2D eigenvalue weighted by molar-refractivity contribution is -0.141. The van der Waals surface area contributed by atoms with Crippen LogP contribution in [-0.2, 0) is 19.2 Å². The number of aliphatic hydroxyl groups excluding tert-OH is 1. The number of amides is 3. The molecule has 0 spiro atoms. The highest BCUT2D eigenvalue weighted by Crippen LogP contribution is 1.91. The number of rotatable bonds is 9. The molecule has 0 rings (SSSR count). The van der Waals surface area contributed by atoms with Gasteiger partial charge in [0.05, 0.1) is 13.2 Å². The van der Waals surface area contributed by atoms with Crippen molar-refractivity contribution in [2.75, 3.05) is 18.9 Å². The van der Waals surface area contributed by atoms with Gasteiger partial charge in [0.15, 0.2) is 0 Å². The van der Waals surface area contributed by atoms with E-state index in [2.05, 4.69) is 28.6 Å². The molecule has 0 saturated heterocycles. The van der Waals surface area contributed by atoms with Gasteiger partial charge in [-0.05, 0) is 6.92 Å². The first kappa shape index (κ1) is 20.1. The fraction of sp³-hybridized carbons (Fsp3) is 0.636. The van der Waals surface area contributed by atoms with E-state index in [1.54, 1.807) is 0 Å². The summed E-state index contributed by atoms with van der Waals surface area (Å²) in [6.45, 7) is 0.259. The normalized spacial score (nSPS) is 14.4. The Balaban J connectivity index is 4.37. The highest BCUT2D eigenvalue weighted by atomic mass is 32.1. The summed E-state index contributed by atoms with van der Waals surface area (Å²) >= 11 is 3.90. The predicted molar refractivity (Wildman–Crippen MR) is 79.1 cm³/mol. The Kier molecular flexibility index (Phi) is 9.13. The minimum Gasteiger partial charge on any atom is -0.480 e. The molecule has 0 bridgehead atoms. The molecule has 3 amide bonds. The molecule has 0 aliphatic carbocycles. The van der Waals surface area contributed by atoms with E-state index in [4.69, 9.17) is 15.9 Å². The van der Waals surface area contributed by atoms with Crippen LogP contribution in [0.2, 0.25) is 0 Å². The van der Waals surface area contributed by atoms with E-state index in [9.17, 15) is 19.2 Å². The zero-order valence-corrected chi connectivity index (χ0v) is 12.8. The summed E-state index contributed by atoms with van der Waals surface area (Å²) in [6, 6.07) is -3.32. The maximum atomic E-state index is 11.7. The number of nitrogens with two attached hydrogens (primary N) is 1. The molecule has 10 nitrogen and oxygen atoms in total. The molecule has 126 valence electrons. The molecule has 0 aliphatic rings. The van der Waals surface area contributed by atoms with Crippen LogP contribution in [0.4, 0.5) is 0 Å². The van der Waals surface area contributed by atoms with Gasteiger partial charge < -0.3 is 31.9 Å². The van der Waals surface area contributed by atoms with Gasteiger partial charge in [0.2, 0.25) is 17.7 Å². The molecule has 0 fully saturated rings. The van der Waals surface area contributed by atoms with Crippen LogP contribution < -0.4 is 21.7 Å². The van der Waals surface area contributed by atoms with Gasteiger partial charge in [-0.2, -0.15) is 12.6 Å². The third-order valence-electron chi connectivity index (χ3n) is 2.52. The second-order valence-electron chi connectivity index (χ2n) is 4.38. The molecular weight excluding hydrogens is 316 g/mol. The van der Waals surface area contributed by atoms with E-state index in [-0.39, 0.29) is 5.75 Å². The van der Waals surface area contributed by atoms with Crippen LogP contribution in [0.25, 0.3) is 0 Å². The molecule has 0 aromatic rings. The molecule has 7 N–H and O–H groups in total. The maximum absolute atomic E-state index is 11.7. The number of hydrogen-bond donors (Lipinski definition) is 7. The van der Waals surface area contributed by atoms with Crippen molar-refractivity contribution in [2.45, 2.75) is 25.0 Å². The summed E-state index contributed by atoms with van der Waals surface area (Å²) in [6.07, 6.45) is 0. The minimum atomic E-state index is -1.22. The second-order valence-corrected chi connectivity index (χ2v) is 4.74. The minimum absolute atomic E-state index is 0.0615. The van der Waals surface area contributed by atoms with Crippen molar-refractivity contribution in [3.05, 3.63) is 0 Å². The Bertz CT molecular complexity index is 433. The number of hydrogen-bond acceptors (Lipinski definition) is 7. The van der Waals surface area contributed by atoms with Crippen molar-refractivity contribution in [3.8, 4) is 0 Å². The van der Waals surface area contributed by atoms with E-state index in [0.29, 0.717) is 0 Å². The fourth-order valence-electron chi connectivity index (χ4n) is 1.20. The van der Waals surface area contributed by atoms with E-state index >= 15 is 0 Å². The van der Waals surface area contributed by atoms with Crippen LogP contribution >= 0.6 is 12.6 Å². The van der Waals surface area contributed by atoms with Crippen molar-refractivity contribution in [2.24, 2.45) is 5.73 Å². The van der Waals surface area contributed by atoms with E-state index in [0.717, 1.165) is 0 Å². The third-order valence-corrected chi connectivity index (χ3v) is 2.89. The van der Waals surface area contributed by atoms with Gasteiger partial charge in [0.1, 0.15) is 18.1 Å². The van der Waals surface area contributed by atoms with Crippen molar-refractivity contribution in [1.82, 2.24) is 16.0 Å². The van der Waals surface area contributed by atoms with Gasteiger partial charge in [-0.1, -0.05) is 0 Å². The molecule has 0 heterocycles. The van der Waals surface area contributed by atoms with Crippen molar-refractivity contribution < 1.29 is 29.4 Å². The SMILES string of the molecule is CC(NC(=O)C(CS)NC(=O)CNC(=O)C(N)CO)C(=O)O. The van der Waals surface area contributed by atoms with Crippen LogP contribution in [0.3, 0.4) is 0 Å². The van der Waals surface area contributed by atoms with Gasteiger partial charge in [-0.25, -0.2) is 0 Å². The molecule has 3 unspecified atom stereocenters. The van der Waals surface area contributed by atoms with Gasteiger partial charge in [-0.3, -0.25) is 19.2 Å². The summed E-state index contributed by atoms with van der Waals surface area (Å²) < 4.78 is 0. The van der Waals surface area contributed by atoms with Gasteiger partial charge in [0, 0.05) is 5.75 Å². The highest BCUT2D eigenvalue weighted by Gasteiger charge is 2.23. The Hall–Kier alpha value is -1.85. The first-order chi connectivity index (χ1) is 10.2. The van der Waals surface area contributed by atoms with Crippen molar-refractivity contribution in [3.63, 3.8) is 0 Å². The van der Waals surface area contributed by atoms with Gasteiger partial charge >= 0.3 is 5.97 Å². The number of thiol groups is 1. The summed E-state index contributed by atoms with van der Waals surface area (Å²) in [4.78, 5) is 45.2. The molecular formula is C11H20N4O6S. The maximum Gasteiger partial charge on any atom is 0.325 e. The second kappa shape index (κ2) is 9.97. The van der Waals surface area contributed by atoms with Crippen molar-refractivity contribution >= 4 is 36.3 Å². The van der Waals surface area contributed by atoms with Crippen LogP contribution in [0.15, 0.2) is 0 Å². The zero-order valence-electron chi connectivity index (χ0n) is 11.9. The number of carbonyl (C=O) groups excluding carboxylic acids is 3. The third kappa shape index (κ3) is 7.24. The lowest BCUT2D eigenvalue weighted by atomic mass is 10.2. The van der Waals surface area contributed by atoms with Crippen LogP contribution in [0.5, 0.6) is 0 Å². The first-order valence-electron chi connectivity index (χ1n) is 6.30. The zero-order chi connectivity index (χ0) is 17.3. The van der Waals surface area contributed by atoms with Crippen LogP contribution in [0, 0.1) is 0 Å². The lowest BCUT2D eigenvalue weighted by Crippen LogP contribution is -2.54. The number of carboxylic acids is 1. The highest BCUT2D eigenvalue weighted by molar-refractivity contribution is 7.80. The smallest absolute Gasteiger partial charge is 0.325 e. The standard InChI is InChI=1S/C11H20N4O6S/c1-5(11(20)21)14-10(19)7(4-22)15-8(17)2-13-9(18)6(12)3-16/h5-7,16,22H,2-4,12H2,1H3,(H,13,18)(H,14,19)(H,15,17)(H,20,21). The topological polar surface area (TPSA) is 171 Å². The molecule has 22 heavy (non-hydrogen) atoms. The summed E-state index contributed by atoms with van der Waals surface area (Å²) in [5.74, 6) is -3.40. The molecule has 0 aliphatic heterocycles. The average molecular weight is 336 g/mol. The van der Waals surface area contributed by atoms with Gasteiger partial charge in [-0.15, -0.1) is 0 Å². The van der Waals surface area contributed by atoms with Crippen LogP contribution in [0.1, 0.15) is 6.92 Å². The Labute approximate surface area is 132 Å². The van der Waals surface area contributed by atoms with E-state index < -0.39 is 55.0 Å². The monoisotopic (exact) mass is 336 g/mol. The van der Waals surface area contributed by atoms with Crippen LogP contribution in [-0.4, -0.2) is 70.9 Å². The Morgan fingerprint density at radius 2 is 1.77 bits per heavy atom. The summed E-state index contributed by atoms with van der Waals surface area (Å²) in [7, 11) is 0. The number of aliphatic hydroxyl groups is 1. The number of carbonyl (C=O) groups is 4. The molecule has 0 aromatic carbocycles. The first-order valence-corrected chi connectivity index (χ1v) is 6.93. The Morgan fingerprint density at radius 3 is 2.23 bits per heavy atom. The lowest BCUT2D eigenvalue weighted by Gasteiger charge is -2.18. The largest absolute Gasteiger partial charge is 0.480 e. The molecule has 11 heteroatoms. The number of nitrogens with one attached hydrogen (secondary N) is 3. The Morgan fingerprint density at radius 1 is 1.18 bits per heavy atom. The van der Waals surface area contributed by atoms with Gasteiger partial charge in [0.25, 0.3) is 0 Å². The van der Waals surface area contributed by atoms with E-state index in [1.165, 1.54) is 6.92 Å². The molecule has 0 saturated carbocycles. The van der Waals surface area contributed by atoms with E-state index in [1.807, 2.05) is 0 Å². The quantitative estimate of drug-likeness (QED) is 0.213. The summed E-state index contributed by atoms with van der Waals surface area (Å²) in [5, 5.41) is 24.0. The molecule has 3 atom stereocenters. The predicted octanol–water partition coefficient (Wildman–Crippen LogP) is -3.57. The average Bonchev–Trinajstić information content (AvgIpc) is 2.48.